The summed E-state index contributed by atoms with van der Waals surface area (Å²) in [5, 5.41) is 9.14. The van der Waals surface area contributed by atoms with E-state index in [9.17, 15) is 18.0 Å². The fraction of sp³-hybridized carbons (Fsp3) is 0.318. The zero-order chi connectivity index (χ0) is 22.6. The number of carboxylic acids is 1. The van der Waals surface area contributed by atoms with Crippen molar-refractivity contribution in [2.24, 2.45) is 5.41 Å². The largest absolute Gasteiger partial charge is 0.492 e. The highest BCUT2D eigenvalue weighted by atomic mass is 19.4. The van der Waals surface area contributed by atoms with Crippen molar-refractivity contribution in [2.45, 2.75) is 32.9 Å². The maximum absolute atomic E-state index is 12.4. The van der Waals surface area contributed by atoms with Crippen LogP contribution in [0.1, 0.15) is 26.0 Å². The highest BCUT2D eigenvalue weighted by molar-refractivity contribution is 5.73. The Morgan fingerprint density at radius 3 is 2.29 bits per heavy atom. The average molecular weight is 433 g/mol. The van der Waals surface area contributed by atoms with Crippen molar-refractivity contribution in [3.63, 3.8) is 0 Å². The summed E-state index contributed by atoms with van der Waals surface area (Å²) >= 11 is 0. The minimum atomic E-state index is -4.21. The number of aryl methyl sites for hydroxylation is 1. The Balaban J connectivity index is 1.64. The van der Waals surface area contributed by atoms with E-state index in [0.717, 1.165) is 5.56 Å². The smallest absolute Gasteiger partial charge is 0.389 e. The molecular weight excluding hydrogens is 411 g/mol. The molecule has 1 aromatic carbocycles. The van der Waals surface area contributed by atoms with Crippen LogP contribution in [0.25, 0.3) is 22.6 Å². The summed E-state index contributed by atoms with van der Waals surface area (Å²) in [5.41, 5.74) is 1.62. The second-order valence-corrected chi connectivity index (χ2v) is 7.81. The summed E-state index contributed by atoms with van der Waals surface area (Å²) in [5.74, 6) is 0.0788. The number of carboxylic acid groups (broad SMARTS) is 1. The average Bonchev–Trinajstić information content (AvgIpc) is 3.20. The highest BCUT2D eigenvalue weighted by Gasteiger charge is 2.28. The van der Waals surface area contributed by atoms with E-state index in [-0.39, 0.29) is 13.0 Å². The normalized spacial score (nSPS) is 12.0. The van der Waals surface area contributed by atoms with Gasteiger partial charge in [0, 0.05) is 35.6 Å². The van der Waals surface area contributed by atoms with Gasteiger partial charge in [0.05, 0.1) is 11.1 Å². The maximum Gasteiger partial charge on any atom is 0.389 e. The third kappa shape index (κ3) is 6.07. The zero-order valence-corrected chi connectivity index (χ0v) is 17.0. The number of rotatable bonds is 8. The van der Waals surface area contributed by atoms with Gasteiger partial charge in [-0.25, -0.2) is 4.98 Å². The molecular formula is C22H22F3N3O3. The molecule has 2 N–H and O–H groups in total. The molecule has 0 amide bonds. The molecule has 31 heavy (non-hydrogen) atoms. The molecule has 0 atom stereocenters. The van der Waals surface area contributed by atoms with Crippen LogP contribution in [0.15, 0.2) is 48.8 Å². The van der Waals surface area contributed by atoms with Gasteiger partial charge >= 0.3 is 12.1 Å². The molecule has 0 saturated carbocycles. The van der Waals surface area contributed by atoms with Crippen LogP contribution >= 0.6 is 0 Å². The second-order valence-electron chi connectivity index (χ2n) is 7.81. The lowest BCUT2D eigenvalue weighted by atomic mass is 9.95. The molecule has 0 unspecified atom stereocenters. The lowest BCUT2D eigenvalue weighted by Gasteiger charge is -2.19. The van der Waals surface area contributed by atoms with E-state index in [1.54, 1.807) is 44.3 Å². The summed E-state index contributed by atoms with van der Waals surface area (Å²) < 4.78 is 42.6. The van der Waals surface area contributed by atoms with E-state index in [2.05, 4.69) is 15.0 Å². The molecule has 6 nitrogen and oxygen atoms in total. The number of hydrogen-bond acceptors (Lipinski definition) is 4. The highest BCUT2D eigenvalue weighted by Crippen LogP contribution is 2.26. The Morgan fingerprint density at radius 1 is 1.03 bits per heavy atom. The predicted molar refractivity (Wildman–Crippen MR) is 109 cm³/mol. The number of nitrogens with zero attached hydrogens (tertiary/aromatic N) is 2. The Bertz CT molecular complexity index is 1030. The van der Waals surface area contributed by atoms with Crippen LogP contribution in [0, 0.1) is 5.41 Å². The molecule has 0 spiro atoms. The molecule has 2 aromatic heterocycles. The Hall–Kier alpha value is -3.36. The van der Waals surface area contributed by atoms with Gasteiger partial charge in [0.25, 0.3) is 0 Å². The summed E-state index contributed by atoms with van der Waals surface area (Å²) in [6, 6.07) is 10.7. The van der Waals surface area contributed by atoms with Gasteiger partial charge in [0.1, 0.15) is 18.2 Å². The molecule has 0 radical (unpaired) electrons. The fourth-order valence-corrected chi connectivity index (χ4v) is 2.66. The number of imidazole rings is 1. The summed E-state index contributed by atoms with van der Waals surface area (Å²) in [6.45, 7) is 3.23. The molecule has 0 bridgehead atoms. The number of H-pyrrole nitrogens is 1. The number of pyridine rings is 1. The topological polar surface area (TPSA) is 88.1 Å². The molecule has 3 rings (SSSR count). The molecule has 0 aliphatic heterocycles. The van der Waals surface area contributed by atoms with Crippen LogP contribution in [-0.4, -0.2) is 38.8 Å². The lowest BCUT2D eigenvalue weighted by molar-refractivity contribution is -0.148. The van der Waals surface area contributed by atoms with E-state index in [1.807, 2.05) is 12.1 Å². The standard InChI is InChI=1S/C22H22F3N3O3/c1-21(2,20(29)30)13-31-17-6-3-14(4-7-17)18-8-5-15(11-26-18)19-27-12-16(28-19)9-10-22(23,24)25/h3-8,11-12H,9-10,13H2,1-2H3,(H,27,28)(H,29,30). The monoisotopic (exact) mass is 433 g/mol. The minimum Gasteiger partial charge on any atom is -0.492 e. The SMILES string of the molecule is CC(C)(COc1ccc(-c2ccc(-c3ncc(CCC(F)(F)F)[nH]3)cn2)cc1)C(=O)O. The number of aliphatic carboxylic acids is 1. The maximum atomic E-state index is 12.4. The first-order valence-electron chi connectivity index (χ1n) is 9.57. The van der Waals surface area contributed by atoms with Gasteiger partial charge in [-0.15, -0.1) is 0 Å². The van der Waals surface area contributed by atoms with Crippen LogP contribution in [0.5, 0.6) is 5.75 Å². The number of ether oxygens (including phenoxy) is 1. The van der Waals surface area contributed by atoms with E-state index in [0.29, 0.717) is 28.5 Å². The van der Waals surface area contributed by atoms with E-state index >= 15 is 0 Å². The van der Waals surface area contributed by atoms with Gasteiger partial charge in [-0.2, -0.15) is 13.2 Å². The molecule has 9 heteroatoms. The Kier molecular flexibility index (Phi) is 6.33. The zero-order valence-electron chi connectivity index (χ0n) is 17.0. The predicted octanol–water partition coefficient (Wildman–Crippen LogP) is 5.12. The fourth-order valence-electron chi connectivity index (χ4n) is 2.66. The second kappa shape index (κ2) is 8.79. The van der Waals surface area contributed by atoms with Crippen molar-refractivity contribution in [3.05, 3.63) is 54.5 Å². The van der Waals surface area contributed by atoms with E-state index in [1.165, 1.54) is 6.20 Å². The number of aromatic nitrogens is 3. The third-order valence-corrected chi connectivity index (χ3v) is 4.67. The molecule has 0 aliphatic rings. The van der Waals surface area contributed by atoms with Crippen LogP contribution in [0.3, 0.4) is 0 Å². The number of hydrogen-bond donors (Lipinski definition) is 2. The Morgan fingerprint density at radius 2 is 1.71 bits per heavy atom. The minimum absolute atomic E-state index is 0.0444. The van der Waals surface area contributed by atoms with E-state index < -0.39 is 24.0 Å². The van der Waals surface area contributed by atoms with Gasteiger partial charge in [-0.1, -0.05) is 0 Å². The summed E-state index contributed by atoms with van der Waals surface area (Å²) in [6.07, 6.45) is -2.26. The first-order chi connectivity index (χ1) is 14.5. The van der Waals surface area contributed by atoms with Crippen molar-refractivity contribution in [1.29, 1.82) is 0 Å². The number of carbonyl (C=O) groups is 1. The van der Waals surface area contributed by atoms with Crippen LogP contribution in [0.2, 0.25) is 0 Å². The lowest BCUT2D eigenvalue weighted by Crippen LogP contribution is -2.30. The first kappa shape index (κ1) is 22.3. The molecule has 3 aromatic rings. The van der Waals surface area contributed by atoms with Gasteiger partial charge in [-0.05, 0) is 56.7 Å². The van der Waals surface area contributed by atoms with Crippen molar-refractivity contribution in [3.8, 4) is 28.4 Å². The Labute approximate surface area is 177 Å². The van der Waals surface area contributed by atoms with Crippen LogP contribution in [-0.2, 0) is 11.2 Å². The van der Waals surface area contributed by atoms with Gasteiger partial charge < -0.3 is 14.8 Å². The van der Waals surface area contributed by atoms with Crippen molar-refractivity contribution < 1.29 is 27.8 Å². The number of nitrogens with one attached hydrogen (secondary N) is 1. The third-order valence-electron chi connectivity index (χ3n) is 4.67. The molecule has 0 aliphatic carbocycles. The first-order valence-corrected chi connectivity index (χ1v) is 9.57. The van der Waals surface area contributed by atoms with Crippen molar-refractivity contribution in [2.75, 3.05) is 6.61 Å². The summed E-state index contributed by atoms with van der Waals surface area (Å²) in [7, 11) is 0. The van der Waals surface area contributed by atoms with Crippen molar-refractivity contribution >= 4 is 5.97 Å². The molecule has 164 valence electrons. The van der Waals surface area contributed by atoms with Gasteiger partial charge in [-0.3, -0.25) is 9.78 Å². The van der Waals surface area contributed by atoms with Crippen molar-refractivity contribution in [1.82, 2.24) is 15.0 Å². The number of alkyl halides is 3. The quantitative estimate of drug-likeness (QED) is 0.515. The molecule has 2 heterocycles. The number of benzene rings is 1. The van der Waals surface area contributed by atoms with Crippen LogP contribution in [0.4, 0.5) is 13.2 Å². The number of halogens is 3. The summed E-state index contributed by atoms with van der Waals surface area (Å²) in [4.78, 5) is 22.6. The number of aromatic amines is 1. The van der Waals surface area contributed by atoms with Gasteiger partial charge in [0.2, 0.25) is 0 Å². The molecule has 0 saturated heterocycles. The van der Waals surface area contributed by atoms with Crippen LogP contribution < -0.4 is 4.74 Å². The van der Waals surface area contributed by atoms with Gasteiger partial charge in [0.15, 0.2) is 0 Å². The molecule has 0 fully saturated rings. The van der Waals surface area contributed by atoms with E-state index in [4.69, 9.17) is 9.84 Å².